The van der Waals surface area contributed by atoms with Gasteiger partial charge in [0.1, 0.15) is 11.6 Å². The van der Waals surface area contributed by atoms with Gasteiger partial charge in [-0.3, -0.25) is 0 Å². The number of rotatable bonds is 3. The van der Waals surface area contributed by atoms with Gasteiger partial charge in [-0.1, -0.05) is 23.2 Å². The van der Waals surface area contributed by atoms with E-state index in [0.29, 0.717) is 0 Å². The maximum absolute atomic E-state index is 10.5. The van der Waals surface area contributed by atoms with Crippen LogP contribution in [0.25, 0.3) is 0 Å². The molecule has 0 amide bonds. The third-order valence-electron chi connectivity index (χ3n) is 0.615. The van der Waals surface area contributed by atoms with Crippen molar-refractivity contribution in [2.75, 3.05) is 13.2 Å². The maximum atomic E-state index is 10.5. The number of hydrogen-bond donors (Lipinski definition) is 1. The summed E-state index contributed by atoms with van der Waals surface area (Å²) in [6.07, 6.45) is 0. The number of carbonyl (C=O) groups excluding carboxylic acids is 1. The van der Waals surface area contributed by atoms with Crippen molar-refractivity contribution in [3.8, 4) is 0 Å². The van der Waals surface area contributed by atoms with E-state index in [0.717, 1.165) is 5.54 Å². The fourth-order valence-electron chi connectivity index (χ4n) is 0.252. The summed E-state index contributed by atoms with van der Waals surface area (Å²) in [5, 5.41) is 8.00. The second-order valence-electron chi connectivity index (χ2n) is 1.32. The first-order valence-corrected chi connectivity index (χ1v) is 3.77. The molecular weight excluding hydrogens is 203 g/mol. The number of ether oxygens (including phenoxy) is 1. The molecule has 12 heavy (non-hydrogen) atoms. The molecule has 1 N–H and O–H groups in total. The highest BCUT2D eigenvalue weighted by atomic mass is 35.5. The average molecular weight is 213 g/mol. The van der Waals surface area contributed by atoms with Crippen LogP contribution >= 0.6 is 23.2 Å². The summed E-state index contributed by atoms with van der Waals surface area (Å²) in [5.74, 6) is -0.731. The van der Waals surface area contributed by atoms with E-state index in [9.17, 15) is 4.79 Å². The first kappa shape index (κ1) is 14.0. The minimum atomic E-state index is -0.731. The lowest BCUT2D eigenvalue weighted by Gasteiger charge is -1.98. The van der Waals surface area contributed by atoms with Crippen LogP contribution in [0.3, 0.4) is 0 Å². The lowest BCUT2D eigenvalue weighted by molar-refractivity contribution is -0.139. The molecule has 0 aliphatic rings. The standard InChI is InChI=1S/C5H6Cl2O3.C2H4/c6-3-4(7)5(9)10-2-1-8;1-2/h3,8H,1-2H2;1-2H2/b4-3-;. The largest absolute Gasteiger partial charge is 0.459 e. The fraction of sp³-hybridized carbons (Fsp3) is 0.286. The molecule has 3 nitrogen and oxygen atoms in total. The first-order chi connectivity index (χ1) is 5.72. The molecule has 0 unspecified atom stereocenters. The summed E-state index contributed by atoms with van der Waals surface area (Å²) in [7, 11) is 0. The number of halogens is 2. The van der Waals surface area contributed by atoms with Crippen molar-refractivity contribution in [1.29, 1.82) is 0 Å². The summed E-state index contributed by atoms with van der Waals surface area (Å²) < 4.78 is 4.37. The van der Waals surface area contributed by atoms with Crippen LogP contribution < -0.4 is 0 Å². The van der Waals surface area contributed by atoms with Crippen LogP contribution in [0.1, 0.15) is 0 Å². The van der Waals surface area contributed by atoms with Crippen molar-refractivity contribution >= 4 is 29.2 Å². The third-order valence-corrected chi connectivity index (χ3v) is 1.21. The van der Waals surface area contributed by atoms with Crippen LogP contribution in [-0.4, -0.2) is 24.3 Å². The quantitative estimate of drug-likeness (QED) is 0.440. The zero-order valence-electron chi connectivity index (χ0n) is 6.43. The van der Waals surface area contributed by atoms with Crippen molar-refractivity contribution < 1.29 is 14.6 Å². The normalized spacial score (nSPS) is 9.75. The molecule has 0 aromatic heterocycles. The molecule has 0 aromatic rings. The number of esters is 1. The molecule has 0 aliphatic heterocycles. The van der Waals surface area contributed by atoms with Crippen LogP contribution in [-0.2, 0) is 9.53 Å². The summed E-state index contributed by atoms with van der Waals surface area (Å²) in [4.78, 5) is 10.5. The van der Waals surface area contributed by atoms with Gasteiger partial charge in [0.15, 0.2) is 0 Å². The molecule has 0 aliphatic carbocycles. The predicted molar refractivity (Wildman–Crippen MR) is 49.1 cm³/mol. The zero-order chi connectivity index (χ0) is 9.98. The van der Waals surface area contributed by atoms with Gasteiger partial charge in [-0.2, -0.15) is 0 Å². The van der Waals surface area contributed by atoms with Gasteiger partial charge in [-0.05, 0) is 0 Å². The Morgan fingerprint density at radius 3 is 2.42 bits per heavy atom. The lowest BCUT2D eigenvalue weighted by Crippen LogP contribution is -2.07. The molecule has 5 heteroatoms. The molecule has 0 rings (SSSR count). The Kier molecular flexibility index (Phi) is 12.3. The predicted octanol–water partition coefficient (Wildman–Crippen LogP) is 1.64. The highest BCUT2D eigenvalue weighted by Crippen LogP contribution is 2.04. The van der Waals surface area contributed by atoms with Crippen LogP contribution in [0.4, 0.5) is 0 Å². The fourth-order valence-corrected chi connectivity index (χ4v) is 0.395. The first-order valence-electron chi connectivity index (χ1n) is 2.96. The molecule has 0 spiro atoms. The van der Waals surface area contributed by atoms with E-state index in [-0.39, 0.29) is 18.2 Å². The molecular formula is C7H10Cl2O3. The van der Waals surface area contributed by atoms with Gasteiger partial charge in [0, 0.05) is 5.54 Å². The van der Waals surface area contributed by atoms with Crippen LogP contribution in [0.2, 0.25) is 0 Å². The van der Waals surface area contributed by atoms with Crippen molar-refractivity contribution in [2.24, 2.45) is 0 Å². The summed E-state index contributed by atoms with van der Waals surface area (Å²) in [5.41, 5.74) is 0.904. The van der Waals surface area contributed by atoms with Crippen LogP contribution in [0, 0.1) is 0 Å². The molecule has 0 bridgehead atoms. The van der Waals surface area contributed by atoms with Crippen LogP contribution in [0.5, 0.6) is 0 Å². The van der Waals surface area contributed by atoms with Gasteiger partial charge in [0.2, 0.25) is 0 Å². The second kappa shape index (κ2) is 10.5. The zero-order valence-corrected chi connectivity index (χ0v) is 7.94. The molecule has 0 aromatic carbocycles. The average Bonchev–Trinajstić information content (AvgIpc) is 2.16. The van der Waals surface area contributed by atoms with Gasteiger partial charge in [-0.15, -0.1) is 13.2 Å². The Labute approximate surface area is 81.2 Å². The van der Waals surface area contributed by atoms with Crippen molar-refractivity contribution in [2.45, 2.75) is 0 Å². The molecule has 0 heterocycles. The van der Waals surface area contributed by atoms with E-state index in [1.807, 2.05) is 0 Å². The number of aliphatic hydroxyl groups is 1. The Balaban J connectivity index is 0. The smallest absolute Gasteiger partial charge is 0.350 e. The number of carbonyl (C=O) groups is 1. The van der Waals surface area contributed by atoms with E-state index in [2.05, 4.69) is 17.9 Å². The number of aliphatic hydroxyl groups excluding tert-OH is 1. The van der Waals surface area contributed by atoms with E-state index in [1.54, 1.807) is 0 Å². The molecule has 0 saturated carbocycles. The highest BCUT2D eigenvalue weighted by molar-refractivity contribution is 6.45. The van der Waals surface area contributed by atoms with E-state index in [4.69, 9.17) is 28.3 Å². The van der Waals surface area contributed by atoms with Crippen molar-refractivity contribution in [3.63, 3.8) is 0 Å². The summed E-state index contributed by atoms with van der Waals surface area (Å²) >= 11 is 10.3. The lowest BCUT2D eigenvalue weighted by atomic mass is 10.6. The Bertz CT molecular complexity index is 157. The SMILES string of the molecule is C=C.O=C(OCCO)/C(Cl)=C/Cl. The Hall–Kier alpha value is -0.510. The minimum absolute atomic E-state index is 0.0697. The van der Waals surface area contributed by atoms with Gasteiger partial charge in [-0.25, -0.2) is 4.79 Å². The van der Waals surface area contributed by atoms with E-state index >= 15 is 0 Å². The molecule has 0 fully saturated rings. The van der Waals surface area contributed by atoms with E-state index in [1.165, 1.54) is 0 Å². The van der Waals surface area contributed by atoms with E-state index < -0.39 is 5.97 Å². The van der Waals surface area contributed by atoms with Gasteiger partial charge in [0.05, 0.1) is 6.61 Å². The Morgan fingerprint density at radius 1 is 1.58 bits per heavy atom. The molecule has 0 saturated heterocycles. The topological polar surface area (TPSA) is 46.5 Å². The van der Waals surface area contributed by atoms with Gasteiger partial charge < -0.3 is 9.84 Å². The van der Waals surface area contributed by atoms with Crippen LogP contribution in [0.15, 0.2) is 23.7 Å². The number of hydrogen-bond acceptors (Lipinski definition) is 3. The second-order valence-corrected chi connectivity index (χ2v) is 1.94. The van der Waals surface area contributed by atoms with Crippen molar-refractivity contribution in [3.05, 3.63) is 23.7 Å². The Morgan fingerprint density at radius 2 is 2.08 bits per heavy atom. The monoisotopic (exact) mass is 212 g/mol. The van der Waals surface area contributed by atoms with Gasteiger partial charge in [0.25, 0.3) is 0 Å². The molecule has 70 valence electrons. The van der Waals surface area contributed by atoms with Gasteiger partial charge >= 0.3 is 5.97 Å². The third kappa shape index (κ3) is 7.60. The minimum Gasteiger partial charge on any atom is -0.459 e. The van der Waals surface area contributed by atoms with Crippen molar-refractivity contribution in [1.82, 2.24) is 0 Å². The molecule has 0 atom stereocenters. The summed E-state index contributed by atoms with van der Waals surface area (Å²) in [6, 6.07) is 0. The maximum Gasteiger partial charge on any atom is 0.350 e. The highest BCUT2D eigenvalue weighted by Gasteiger charge is 2.05. The molecule has 0 radical (unpaired) electrons. The summed E-state index contributed by atoms with van der Waals surface area (Å²) in [6.45, 7) is 5.71.